The Balaban J connectivity index is 1.72. The number of amides is 2. The van der Waals surface area contributed by atoms with Crippen LogP contribution in [0.4, 0.5) is 4.79 Å². The van der Waals surface area contributed by atoms with Crippen molar-refractivity contribution in [1.82, 2.24) is 5.32 Å². The molecule has 1 saturated heterocycles. The SMILES string of the molecule is CC(OC(=O)OC1CC(=O)NC1=O)OC(=O)C1CCCCC1. The maximum absolute atomic E-state index is 11.9. The van der Waals surface area contributed by atoms with E-state index in [0.717, 1.165) is 32.1 Å². The molecule has 8 nitrogen and oxygen atoms in total. The lowest BCUT2D eigenvalue weighted by atomic mass is 9.89. The van der Waals surface area contributed by atoms with Crippen molar-refractivity contribution < 1.29 is 33.4 Å². The third-order valence-corrected chi connectivity index (χ3v) is 3.65. The third-order valence-electron chi connectivity index (χ3n) is 3.65. The number of carbonyl (C=O) groups is 4. The third kappa shape index (κ3) is 4.44. The molecule has 0 aromatic heterocycles. The van der Waals surface area contributed by atoms with Crippen LogP contribution in [0.3, 0.4) is 0 Å². The Morgan fingerprint density at radius 3 is 2.41 bits per heavy atom. The maximum atomic E-state index is 11.9. The fraction of sp³-hybridized carbons (Fsp3) is 0.714. The largest absolute Gasteiger partial charge is 0.512 e. The minimum atomic E-state index is -1.19. The van der Waals surface area contributed by atoms with Crippen molar-refractivity contribution in [3.63, 3.8) is 0 Å². The molecule has 0 radical (unpaired) electrons. The lowest BCUT2D eigenvalue weighted by molar-refractivity contribution is -0.175. The molecular formula is C14H19NO7. The number of esters is 1. The summed E-state index contributed by atoms with van der Waals surface area (Å²) in [6.07, 6.45) is 0.959. The number of hydrogen-bond acceptors (Lipinski definition) is 7. The summed E-state index contributed by atoms with van der Waals surface area (Å²) >= 11 is 0. The Morgan fingerprint density at radius 2 is 1.82 bits per heavy atom. The number of ether oxygens (including phenoxy) is 3. The van der Waals surface area contributed by atoms with Crippen molar-refractivity contribution in [2.75, 3.05) is 0 Å². The van der Waals surface area contributed by atoms with Crippen LogP contribution in [0, 0.1) is 5.92 Å². The van der Waals surface area contributed by atoms with E-state index in [1.54, 1.807) is 0 Å². The fourth-order valence-electron chi connectivity index (χ4n) is 2.53. The van der Waals surface area contributed by atoms with Gasteiger partial charge < -0.3 is 14.2 Å². The van der Waals surface area contributed by atoms with Crippen LogP contribution in [-0.2, 0) is 28.6 Å². The monoisotopic (exact) mass is 313 g/mol. The van der Waals surface area contributed by atoms with Crippen LogP contribution < -0.4 is 5.32 Å². The molecule has 1 heterocycles. The molecule has 22 heavy (non-hydrogen) atoms. The van der Waals surface area contributed by atoms with E-state index < -0.39 is 36.3 Å². The average molecular weight is 313 g/mol. The molecule has 0 spiro atoms. The predicted molar refractivity (Wildman–Crippen MR) is 71.2 cm³/mol. The van der Waals surface area contributed by atoms with Gasteiger partial charge in [-0.25, -0.2) is 4.79 Å². The van der Waals surface area contributed by atoms with Crippen molar-refractivity contribution in [3.8, 4) is 0 Å². The van der Waals surface area contributed by atoms with Gasteiger partial charge in [0.2, 0.25) is 12.2 Å². The molecule has 1 N–H and O–H groups in total. The van der Waals surface area contributed by atoms with Crippen LogP contribution in [0.25, 0.3) is 0 Å². The second kappa shape index (κ2) is 7.24. The topological polar surface area (TPSA) is 108 Å². The van der Waals surface area contributed by atoms with E-state index in [9.17, 15) is 19.2 Å². The first-order chi connectivity index (χ1) is 10.5. The van der Waals surface area contributed by atoms with E-state index in [4.69, 9.17) is 14.2 Å². The smallest absolute Gasteiger partial charge is 0.425 e. The van der Waals surface area contributed by atoms with Crippen LogP contribution in [0.15, 0.2) is 0 Å². The molecule has 0 aromatic rings. The first-order valence-electron chi connectivity index (χ1n) is 7.37. The van der Waals surface area contributed by atoms with Crippen molar-refractivity contribution in [2.45, 2.75) is 57.8 Å². The molecule has 8 heteroatoms. The van der Waals surface area contributed by atoms with E-state index in [1.165, 1.54) is 6.92 Å². The van der Waals surface area contributed by atoms with Gasteiger partial charge in [-0.05, 0) is 12.8 Å². The summed E-state index contributed by atoms with van der Waals surface area (Å²) in [6.45, 7) is 1.39. The highest BCUT2D eigenvalue weighted by Crippen LogP contribution is 2.25. The highest BCUT2D eigenvalue weighted by molar-refractivity contribution is 6.05. The molecule has 122 valence electrons. The van der Waals surface area contributed by atoms with Gasteiger partial charge in [-0.15, -0.1) is 0 Å². The van der Waals surface area contributed by atoms with Crippen molar-refractivity contribution in [2.24, 2.45) is 5.92 Å². The number of rotatable bonds is 4. The van der Waals surface area contributed by atoms with Crippen molar-refractivity contribution in [3.05, 3.63) is 0 Å². The molecule has 2 rings (SSSR count). The first kappa shape index (κ1) is 16.3. The van der Waals surface area contributed by atoms with Gasteiger partial charge in [-0.2, -0.15) is 0 Å². The van der Waals surface area contributed by atoms with Gasteiger partial charge in [0.1, 0.15) is 0 Å². The van der Waals surface area contributed by atoms with Gasteiger partial charge in [0, 0.05) is 6.92 Å². The summed E-state index contributed by atoms with van der Waals surface area (Å²) in [5.41, 5.74) is 0. The summed E-state index contributed by atoms with van der Waals surface area (Å²) in [5.74, 6) is -1.75. The zero-order valence-electron chi connectivity index (χ0n) is 12.3. The van der Waals surface area contributed by atoms with Gasteiger partial charge in [0.05, 0.1) is 12.3 Å². The van der Waals surface area contributed by atoms with Gasteiger partial charge >= 0.3 is 12.1 Å². The van der Waals surface area contributed by atoms with Crippen LogP contribution in [0.2, 0.25) is 0 Å². The Hall–Kier alpha value is -2.12. The molecule has 2 atom stereocenters. The molecule has 2 fully saturated rings. The Labute approximate surface area is 127 Å². The summed E-state index contributed by atoms with van der Waals surface area (Å²) in [7, 11) is 0. The number of carbonyl (C=O) groups excluding carboxylic acids is 4. The minimum absolute atomic E-state index is 0.158. The van der Waals surface area contributed by atoms with Crippen molar-refractivity contribution in [1.29, 1.82) is 0 Å². The molecule has 1 saturated carbocycles. The first-order valence-corrected chi connectivity index (χ1v) is 7.37. The maximum Gasteiger partial charge on any atom is 0.512 e. The molecule has 0 bridgehead atoms. The second-order valence-corrected chi connectivity index (χ2v) is 5.43. The summed E-state index contributed by atoms with van der Waals surface area (Å²) in [5, 5.41) is 2.00. The lowest BCUT2D eigenvalue weighted by Crippen LogP contribution is -2.31. The standard InChI is InChI=1S/C14H19NO7/c1-8(20-13(18)9-5-3-2-4-6-9)21-14(19)22-10-7-11(16)15-12(10)17/h8-10H,2-7H2,1H3,(H,15,16,17). The van der Waals surface area contributed by atoms with E-state index in [1.807, 2.05) is 5.32 Å². The van der Waals surface area contributed by atoms with E-state index in [2.05, 4.69) is 0 Å². The van der Waals surface area contributed by atoms with E-state index >= 15 is 0 Å². The van der Waals surface area contributed by atoms with E-state index in [0.29, 0.717) is 0 Å². The fourth-order valence-corrected chi connectivity index (χ4v) is 2.53. The molecule has 2 unspecified atom stereocenters. The quantitative estimate of drug-likeness (QED) is 0.469. The molecule has 2 aliphatic rings. The molecule has 1 aliphatic heterocycles. The predicted octanol–water partition coefficient (Wildman–Crippen LogP) is 1.02. The van der Waals surface area contributed by atoms with Gasteiger partial charge in [0.15, 0.2) is 6.10 Å². The second-order valence-electron chi connectivity index (χ2n) is 5.43. The van der Waals surface area contributed by atoms with Crippen LogP contribution in [0.5, 0.6) is 0 Å². The summed E-state index contributed by atoms with van der Waals surface area (Å²) in [4.78, 5) is 45.6. The Kier molecular flexibility index (Phi) is 5.35. The zero-order chi connectivity index (χ0) is 16.1. The van der Waals surface area contributed by atoms with Gasteiger partial charge in [-0.1, -0.05) is 19.3 Å². The average Bonchev–Trinajstić information content (AvgIpc) is 2.77. The minimum Gasteiger partial charge on any atom is -0.425 e. The van der Waals surface area contributed by atoms with Crippen LogP contribution >= 0.6 is 0 Å². The van der Waals surface area contributed by atoms with Gasteiger partial charge in [-0.3, -0.25) is 19.7 Å². The van der Waals surface area contributed by atoms with Gasteiger partial charge in [0.25, 0.3) is 5.91 Å². The lowest BCUT2D eigenvalue weighted by Gasteiger charge is -2.22. The number of hydrogen-bond donors (Lipinski definition) is 1. The molecule has 1 aliphatic carbocycles. The molecule has 2 amide bonds. The van der Waals surface area contributed by atoms with Crippen LogP contribution in [-0.4, -0.2) is 36.3 Å². The highest BCUT2D eigenvalue weighted by Gasteiger charge is 2.35. The number of imide groups is 1. The van der Waals surface area contributed by atoms with Crippen LogP contribution in [0.1, 0.15) is 45.4 Å². The van der Waals surface area contributed by atoms with E-state index in [-0.39, 0.29) is 12.3 Å². The van der Waals surface area contributed by atoms with Crippen molar-refractivity contribution >= 4 is 23.9 Å². The summed E-state index contributed by atoms with van der Waals surface area (Å²) < 4.78 is 14.5. The molecular weight excluding hydrogens is 294 g/mol. The zero-order valence-corrected chi connectivity index (χ0v) is 12.3. The summed E-state index contributed by atoms with van der Waals surface area (Å²) in [6, 6.07) is 0. The normalized spacial score (nSPS) is 23.6. The Morgan fingerprint density at radius 1 is 1.14 bits per heavy atom. The number of nitrogens with one attached hydrogen (secondary N) is 1. The molecule has 0 aromatic carbocycles. The highest BCUT2D eigenvalue weighted by atomic mass is 16.8. The Bertz CT molecular complexity index is 470.